The van der Waals surface area contributed by atoms with E-state index in [0.29, 0.717) is 27.0 Å². The summed E-state index contributed by atoms with van der Waals surface area (Å²) in [5.41, 5.74) is 2.89. The molecule has 0 aliphatic heterocycles. The van der Waals surface area contributed by atoms with Gasteiger partial charge in [0, 0.05) is 43.7 Å². The molecular weight excluding hydrogens is 1360 g/mol. The van der Waals surface area contributed by atoms with E-state index in [1.165, 1.54) is 79.5 Å². The number of nitrogens with two attached hydrogens (primary N) is 1. The number of carboxylic acid groups (broad SMARTS) is 1. The number of carbonyl (C=O) groups is 3. The number of hydrogen-bond acceptors (Lipinski definition) is 19. The van der Waals surface area contributed by atoms with E-state index in [-0.39, 0.29) is 52.3 Å². The van der Waals surface area contributed by atoms with Crippen molar-refractivity contribution in [1.82, 2.24) is 69.2 Å². The molecule has 0 aliphatic carbocycles. The van der Waals surface area contributed by atoms with E-state index in [1.54, 1.807) is 33.0 Å². The molecule has 9 aromatic heterocycles. The second kappa shape index (κ2) is 34.8. The average Bonchev–Trinajstić information content (AvgIpc) is 0.840. The number of rotatable bonds is 23. The zero-order valence-electron chi connectivity index (χ0n) is 50.9. The number of carboxylic acids is 1. The first-order chi connectivity index (χ1) is 45.9. The minimum absolute atomic E-state index is 0.0330. The molecule has 0 aromatic carbocycles. The van der Waals surface area contributed by atoms with Gasteiger partial charge in [0.2, 0.25) is 11.8 Å². The zero-order chi connectivity index (χ0) is 71.2. The van der Waals surface area contributed by atoms with Crippen molar-refractivity contribution in [2.45, 2.75) is 77.8 Å². The number of alkyl halides is 6. The molecule has 0 bridgehead atoms. The molecule has 0 fully saturated rings. The summed E-state index contributed by atoms with van der Waals surface area (Å²) in [7, 11) is 0. The monoisotopic (exact) mass is 1420 g/mol. The molecule has 0 spiro atoms. The lowest BCUT2D eigenvalue weighted by Crippen LogP contribution is -2.35. The second-order valence-corrected chi connectivity index (χ2v) is 21.3. The maximum atomic E-state index is 14.3. The van der Waals surface area contributed by atoms with Crippen LogP contribution in [0, 0.1) is 38.2 Å². The van der Waals surface area contributed by atoms with Crippen LogP contribution in [-0.2, 0) is 71.4 Å². The molecule has 0 unspecified atom stereocenters. The Morgan fingerprint density at radius 3 is 1.03 bits per heavy atom. The number of carbonyl (C=O) groups excluding carboxylic acids is 2. The van der Waals surface area contributed by atoms with E-state index in [4.69, 9.17) is 45.6 Å². The molecule has 37 heteroatoms. The molecule has 0 saturated carbocycles. The van der Waals surface area contributed by atoms with Crippen LogP contribution in [0.5, 0.6) is 0 Å². The third-order valence-electron chi connectivity index (χ3n) is 13.0. The molecular formula is C60H56Cl3F9N18O7. The minimum atomic E-state index is -3.37. The molecule has 0 aliphatic rings. The maximum Gasteiger partial charge on any atom is 0.323 e. The van der Waals surface area contributed by atoms with Crippen LogP contribution in [0.3, 0.4) is 0 Å². The van der Waals surface area contributed by atoms with E-state index in [0.717, 1.165) is 45.9 Å². The van der Waals surface area contributed by atoms with Crippen molar-refractivity contribution in [2.24, 2.45) is 5.73 Å². The third kappa shape index (κ3) is 21.5. The van der Waals surface area contributed by atoms with Crippen molar-refractivity contribution in [3.8, 4) is 0 Å². The van der Waals surface area contributed by atoms with E-state index in [1.807, 2.05) is 0 Å². The standard InChI is InChI=1S/2C20H18ClF3N6O2.C13H11ClF2N4O3.C7H9FN2/c2*1-12-5-7-25-13(17(12)22)8-27-16(31)10-30-15(21)9-28-18(19(30)32)29-11-20(23,24)14-4-2-3-6-26-14;14-9-5-18-11(12(23)20(9)6-10(21)22)19-7-13(15,16)8-3-1-2-4-17-8;1-5-2-3-10-6(4-9)7(5)8/h2*2-7,9H,8,10-11H2,1H3,(H,27,31)(H,28,29);1-5H,6-7H2,(H,18,19)(H,21,22);2-3H,4,9H2,1H3. The first-order valence-corrected chi connectivity index (χ1v) is 29.2. The Kier molecular flexibility index (Phi) is 27.1. The largest absolute Gasteiger partial charge is 0.480 e. The molecule has 512 valence electrons. The zero-order valence-corrected chi connectivity index (χ0v) is 53.1. The maximum absolute atomic E-state index is 14.3. The quantitative estimate of drug-likeness (QED) is 0.0299. The number of nitrogens with zero attached hydrogens (tertiary/aromatic N) is 12. The van der Waals surface area contributed by atoms with Gasteiger partial charge in [-0.25, -0.2) is 28.1 Å². The molecule has 97 heavy (non-hydrogen) atoms. The highest BCUT2D eigenvalue weighted by molar-refractivity contribution is 6.30. The van der Waals surface area contributed by atoms with Crippen molar-refractivity contribution < 1.29 is 59.0 Å². The summed E-state index contributed by atoms with van der Waals surface area (Å²) in [6.45, 7) is -0.0176. The lowest BCUT2D eigenvalue weighted by molar-refractivity contribution is -0.137. The molecule has 0 radical (unpaired) electrons. The Bertz CT molecular complexity index is 4200. The van der Waals surface area contributed by atoms with Gasteiger partial charge in [0.25, 0.3) is 16.7 Å². The van der Waals surface area contributed by atoms with E-state index >= 15 is 0 Å². The van der Waals surface area contributed by atoms with Crippen molar-refractivity contribution in [1.29, 1.82) is 0 Å². The number of aromatic nitrogens is 12. The number of anilines is 3. The van der Waals surface area contributed by atoms with Crippen LogP contribution in [0.4, 0.5) is 57.0 Å². The summed E-state index contributed by atoms with van der Waals surface area (Å²) in [6.07, 6.45) is 11.2. The molecule has 2 amide bonds. The van der Waals surface area contributed by atoms with E-state index in [9.17, 15) is 68.3 Å². The fourth-order valence-corrected chi connectivity index (χ4v) is 8.43. The highest BCUT2D eigenvalue weighted by Crippen LogP contribution is 2.28. The van der Waals surface area contributed by atoms with Crippen LogP contribution in [-0.4, -0.2) is 101 Å². The number of hydrogen-bond donors (Lipinski definition) is 7. The Balaban J connectivity index is 0.000000216. The highest BCUT2D eigenvalue weighted by Gasteiger charge is 2.36. The third-order valence-corrected chi connectivity index (χ3v) is 13.9. The van der Waals surface area contributed by atoms with Gasteiger partial charge in [-0.3, -0.25) is 72.4 Å². The van der Waals surface area contributed by atoms with Crippen molar-refractivity contribution >= 4 is 70.0 Å². The Hall–Kier alpha value is -10.5. The van der Waals surface area contributed by atoms with Gasteiger partial charge in [-0.2, -0.15) is 26.3 Å². The normalized spacial score (nSPS) is 11.1. The van der Waals surface area contributed by atoms with E-state index in [2.05, 4.69) is 71.4 Å². The molecule has 9 heterocycles. The lowest BCUT2D eigenvalue weighted by atomic mass is 10.2. The average molecular weight is 1420 g/mol. The molecule has 25 nitrogen and oxygen atoms in total. The Morgan fingerprint density at radius 2 is 0.753 bits per heavy atom. The number of nitrogens with one attached hydrogen (secondary N) is 5. The minimum Gasteiger partial charge on any atom is -0.480 e. The number of aryl methyl sites for hydroxylation is 3. The van der Waals surface area contributed by atoms with Gasteiger partial charge in [0.05, 0.1) is 68.4 Å². The molecule has 0 atom stereocenters. The summed E-state index contributed by atoms with van der Waals surface area (Å²) in [4.78, 5) is 106. The number of amides is 2. The second-order valence-electron chi connectivity index (χ2n) is 20.1. The number of pyridine rings is 6. The number of halogens is 12. The molecule has 0 saturated heterocycles. The summed E-state index contributed by atoms with van der Waals surface area (Å²) < 4.78 is 128. The van der Waals surface area contributed by atoms with Crippen LogP contribution in [0.1, 0.15) is 50.9 Å². The smallest absolute Gasteiger partial charge is 0.323 e. The van der Waals surface area contributed by atoms with E-state index < -0.39 is 138 Å². The first kappa shape index (κ1) is 75.6. The molecule has 9 rings (SSSR count). The topological polar surface area (TPSA) is 340 Å². The highest BCUT2D eigenvalue weighted by atomic mass is 35.5. The van der Waals surface area contributed by atoms with Crippen LogP contribution in [0.25, 0.3) is 0 Å². The predicted molar refractivity (Wildman–Crippen MR) is 336 cm³/mol. The van der Waals surface area contributed by atoms with Gasteiger partial charge in [-0.1, -0.05) is 53.0 Å². The van der Waals surface area contributed by atoms with Gasteiger partial charge < -0.3 is 37.4 Å². The summed E-state index contributed by atoms with van der Waals surface area (Å²) in [6, 6.07) is 16.8. The summed E-state index contributed by atoms with van der Waals surface area (Å²) in [5.74, 6) is -15.3. The van der Waals surface area contributed by atoms with Crippen LogP contribution in [0.15, 0.2) is 143 Å². The van der Waals surface area contributed by atoms with Crippen LogP contribution < -0.4 is 49.0 Å². The van der Waals surface area contributed by atoms with Gasteiger partial charge in [-0.05, 0) is 92.1 Å². The predicted octanol–water partition coefficient (Wildman–Crippen LogP) is 7.88. The fourth-order valence-electron chi connectivity index (χ4n) is 7.88. The SMILES string of the molecule is Cc1ccnc(CN)c1F.Cc1ccnc(CNC(=O)Cn2c(Cl)cnc(NCC(F)(F)c3ccccn3)c2=O)c1F.Cc1ccnc(CNC(=O)Cn2c(Cl)cnc(NCC(F)(F)c3ccccn3)c2=O)c1F.O=C(O)Cn1c(Cl)cnc(NCC(F)(F)c2ccccn2)c1=O. The van der Waals surface area contributed by atoms with Crippen molar-refractivity contribution in [3.05, 3.63) is 243 Å². The fraction of sp³-hybridized carbons (Fsp3) is 0.250. The van der Waals surface area contributed by atoms with Gasteiger partial charge in [0.1, 0.15) is 69.6 Å². The van der Waals surface area contributed by atoms with Gasteiger partial charge in [-0.15, -0.1) is 0 Å². The molecule has 8 N–H and O–H groups in total. The Morgan fingerprint density at radius 1 is 0.454 bits per heavy atom. The van der Waals surface area contributed by atoms with Gasteiger partial charge in [0.15, 0.2) is 17.5 Å². The van der Waals surface area contributed by atoms with Crippen LogP contribution >= 0.6 is 34.8 Å². The summed E-state index contributed by atoms with van der Waals surface area (Å²) in [5, 5.41) is 19.8. The lowest BCUT2D eigenvalue weighted by Gasteiger charge is -2.17. The first-order valence-electron chi connectivity index (χ1n) is 28.0. The Labute approximate surface area is 558 Å². The molecule has 9 aromatic rings. The van der Waals surface area contributed by atoms with Gasteiger partial charge >= 0.3 is 23.7 Å². The van der Waals surface area contributed by atoms with Crippen molar-refractivity contribution in [3.63, 3.8) is 0 Å². The van der Waals surface area contributed by atoms with Crippen molar-refractivity contribution in [2.75, 3.05) is 35.6 Å². The number of aliphatic carboxylic acids is 1. The van der Waals surface area contributed by atoms with Crippen LogP contribution in [0.2, 0.25) is 15.5 Å². The summed E-state index contributed by atoms with van der Waals surface area (Å²) >= 11 is 17.6.